The van der Waals surface area contributed by atoms with Crippen LogP contribution in [0.25, 0.3) is 11.4 Å². The van der Waals surface area contributed by atoms with Gasteiger partial charge >= 0.3 is 0 Å². The van der Waals surface area contributed by atoms with Gasteiger partial charge in [0, 0.05) is 36.6 Å². The molecule has 19 heavy (non-hydrogen) atoms. The van der Waals surface area contributed by atoms with Gasteiger partial charge in [-0.25, -0.2) is 4.98 Å². The SMILES string of the molecule is CC(C)NC(CO)Cn1ccnc1-c1ccccc1. The van der Waals surface area contributed by atoms with Crippen molar-refractivity contribution >= 4 is 0 Å². The summed E-state index contributed by atoms with van der Waals surface area (Å²) in [5.74, 6) is 0.935. The zero-order chi connectivity index (χ0) is 13.7. The second-order valence-corrected chi connectivity index (χ2v) is 4.97. The molecule has 0 bridgehead atoms. The number of nitrogens with one attached hydrogen (secondary N) is 1. The molecule has 0 saturated carbocycles. The number of aliphatic hydroxyl groups excluding tert-OH is 1. The van der Waals surface area contributed by atoms with E-state index in [1.54, 1.807) is 6.20 Å². The highest BCUT2D eigenvalue weighted by Crippen LogP contribution is 2.17. The van der Waals surface area contributed by atoms with E-state index in [2.05, 4.69) is 28.7 Å². The van der Waals surface area contributed by atoms with E-state index in [9.17, 15) is 5.11 Å². The Bertz CT molecular complexity index is 493. The molecule has 0 aliphatic carbocycles. The molecule has 4 heteroatoms. The highest BCUT2D eigenvalue weighted by molar-refractivity contribution is 5.55. The van der Waals surface area contributed by atoms with Crippen LogP contribution in [-0.2, 0) is 6.54 Å². The molecule has 0 saturated heterocycles. The van der Waals surface area contributed by atoms with Crippen molar-refractivity contribution in [2.45, 2.75) is 32.5 Å². The molecule has 0 amide bonds. The van der Waals surface area contributed by atoms with Crippen molar-refractivity contribution in [2.75, 3.05) is 6.61 Å². The first-order valence-corrected chi connectivity index (χ1v) is 6.64. The van der Waals surface area contributed by atoms with Crippen LogP contribution in [0.5, 0.6) is 0 Å². The Morgan fingerprint density at radius 2 is 2.00 bits per heavy atom. The van der Waals surface area contributed by atoms with E-state index >= 15 is 0 Å². The lowest BCUT2D eigenvalue weighted by Gasteiger charge is -2.20. The van der Waals surface area contributed by atoms with Gasteiger partial charge in [0.25, 0.3) is 0 Å². The van der Waals surface area contributed by atoms with Crippen LogP contribution >= 0.6 is 0 Å². The molecule has 0 radical (unpaired) electrons. The summed E-state index contributed by atoms with van der Waals surface area (Å²) in [5.41, 5.74) is 1.09. The number of aromatic nitrogens is 2. The predicted molar refractivity (Wildman–Crippen MR) is 76.8 cm³/mol. The first-order valence-electron chi connectivity index (χ1n) is 6.64. The molecular weight excluding hydrogens is 238 g/mol. The van der Waals surface area contributed by atoms with Crippen molar-refractivity contribution in [2.24, 2.45) is 0 Å². The third-order valence-electron chi connectivity index (χ3n) is 2.95. The molecule has 4 nitrogen and oxygen atoms in total. The minimum atomic E-state index is 0.0386. The van der Waals surface area contributed by atoms with E-state index in [4.69, 9.17) is 0 Å². The van der Waals surface area contributed by atoms with E-state index in [0.717, 1.165) is 11.4 Å². The van der Waals surface area contributed by atoms with E-state index in [1.165, 1.54) is 0 Å². The maximum absolute atomic E-state index is 9.44. The number of imidazole rings is 1. The third kappa shape index (κ3) is 3.66. The molecule has 1 unspecified atom stereocenters. The summed E-state index contributed by atoms with van der Waals surface area (Å²) in [6.07, 6.45) is 3.75. The normalized spacial score (nSPS) is 12.8. The number of aliphatic hydroxyl groups is 1. The second-order valence-electron chi connectivity index (χ2n) is 4.97. The number of hydrogen-bond acceptors (Lipinski definition) is 3. The Morgan fingerprint density at radius 3 is 2.63 bits per heavy atom. The predicted octanol–water partition coefficient (Wildman–Crippen LogP) is 1.91. The third-order valence-corrected chi connectivity index (χ3v) is 2.95. The van der Waals surface area contributed by atoms with Crippen molar-refractivity contribution in [3.63, 3.8) is 0 Å². The van der Waals surface area contributed by atoms with Gasteiger partial charge in [0.05, 0.1) is 6.61 Å². The number of hydrogen-bond donors (Lipinski definition) is 2. The minimum Gasteiger partial charge on any atom is -0.395 e. The van der Waals surface area contributed by atoms with Gasteiger partial charge in [-0.1, -0.05) is 44.2 Å². The van der Waals surface area contributed by atoms with E-state index in [1.807, 2.05) is 36.5 Å². The van der Waals surface area contributed by atoms with Crippen LogP contribution in [0.3, 0.4) is 0 Å². The van der Waals surface area contributed by atoms with Crippen molar-refractivity contribution < 1.29 is 5.11 Å². The molecule has 0 aliphatic heterocycles. The molecule has 0 spiro atoms. The van der Waals surface area contributed by atoms with Crippen LogP contribution in [0.2, 0.25) is 0 Å². The van der Waals surface area contributed by atoms with Gasteiger partial charge in [0.1, 0.15) is 5.82 Å². The van der Waals surface area contributed by atoms with Gasteiger partial charge in [-0.15, -0.1) is 0 Å². The summed E-state index contributed by atoms with van der Waals surface area (Å²) in [6, 6.07) is 10.5. The molecule has 2 aromatic rings. The van der Waals surface area contributed by atoms with Crippen LogP contribution in [0.1, 0.15) is 13.8 Å². The van der Waals surface area contributed by atoms with Crippen LogP contribution in [0, 0.1) is 0 Å². The van der Waals surface area contributed by atoms with Crippen molar-refractivity contribution in [1.82, 2.24) is 14.9 Å². The smallest absolute Gasteiger partial charge is 0.139 e. The molecular formula is C15H21N3O. The van der Waals surface area contributed by atoms with Crippen LogP contribution < -0.4 is 5.32 Å². The lowest BCUT2D eigenvalue weighted by molar-refractivity contribution is 0.222. The van der Waals surface area contributed by atoms with Crippen LogP contribution in [-0.4, -0.2) is 33.3 Å². The zero-order valence-corrected chi connectivity index (χ0v) is 11.5. The Morgan fingerprint density at radius 1 is 1.26 bits per heavy atom. The first-order chi connectivity index (χ1) is 9.20. The average molecular weight is 259 g/mol. The topological polar surface area (TPSA) is 50.1 Å². The van der Waals surface area contributed by atoms with Crippen molar-refractivity contribution in [3.05, 3.63) is 42.7 Å². The van der Waals surface area contributed by atoms with Gasteiger partial charge < -0.3 is 15.0 Å². The number of nitrogens with zero attached hydrogens (tertiary/aromatic N) is 2. The molecule has 1 aromatic carbocycles. The molecule has 102 valence electrons. The van der Waals surface area contributed by atoms with Crippen LogP contribution in [0.4, 0.5) is 0 Å². The lowest BCUT2D eigenvalue weighted by Crippen LogP contribution is -2.40. The summed E-state index contributed by atoms with van der Waals surface area (Å²) >= 11 is 0. The molecule has 0 fully saturated rings. The van der Waals surface area contributed by atoms with E-state index < -0.39 is 0 Å². The maximum Gasteiger partial charge on any atom is 0.139 e. The lowest BCUT2D eigenvalue weighted by atomic mass is 10.2. The van der Waals surface area contributed by atoms with Crippen molar-refractivity contribution in [1.29, 1.82) is 0 Å². The summed E-state index contributed by atoms with van der Waals surface area (Å²) < 4.78 is 2.08. The largest absolute Gasteiger partial charge is 0.395 e. The average Bonchev–Trinajstić information content (AvgIpc) is 2.86. The standard InChI is InChI=1S/C15H21N3O/c1-12(2)17-14(11-19)10-18-9-8-16-15(18)13-6-4-3-5-7-13/h3-9,12,14,17,19H,10-11H2,1-2H3. The Labute approximate surface area is 114 Å². The first kappa shape index (κ1) is 13.8. The van der Waals surface area contributed by atoms with E-state index in [0.29, 0.717) is 12.6 Å². The summed E-state index contributed by atoms with van der Waals surface area (Å²) in [6.45, 7) is 4.98. The fraction of sp³-hybridized carbons (Fsp3) is 0.400. The molecule has 1 heterocycles. The minimum absolute atomic E-state index is 0.0386. The van der Waals surface area contributed by atoms with E-state index in [-0.39, 0.29) is 12.6 Å². The Balaban J connectivity index is 2.16. The summed E-state index contributed by atoms with van der Waals surface area (Å²) in [7, 11) is 0. The van der Waals surface area contributed by atoms with Gasteiger partial charge in [-0.05, 0) is 0 Å². The Kier molecular flexibility index (Phi) is 4.71. The molecule has 2 rings (SSSR count). The monoisotopic (exact) mass is 259 g/mol. The zero-order valence-electron chi connectivity index (χ0n) is 11.5. The fourth-order valence-corrected chi connectivity index (χ4v) is 2.18. The quantitative estimate of drug-likeness (QED) is 0.833. The van der Waals surface area contributed by atoms with Crippen LogP contribution in [0.15, 0.2) is 42.7 Å². The highest BCUT2D eigenvalue weighted by atomic mass is 16.3. The Hall–Kier alpha value is -1.65. The molecule has 0 aliphatic rings. The number of benzene rings is 1. The van der Waals surface area contributed by atoms with Gasteiger partial charge in [-0.3, -0.25) is 0 Å². The number of rotatable bonds is 6. The van der Waals surface area contributed by atoms with Gasteiger partial charge in [0.15, 0.2) is 0 Å². The second kappa shape index (κ2) is 6.50. The summed E-state index contributed by atoms with van der Waals surface area (Å²) in [4.78, 5) is 4.41. The molecule has 2 N–H and O–H groups in total. The molecule has 1 atom stereocenters. The fourth-order valence-electron chi connectivity index (χ4n) is 2.18. The molecule has 1 aromatic heterocycles. The highest BCUT2D eigenvalue weighted by Gasteiger charge is 2.12. The summed E-state index contributed by atoms with van der Waals surface area (Å²) in [5, 5.41) is 12.8. The van der Waals surface area contributed by atoms with Crippen molar-refractivity contribution in [3.8, 4) is 11.4 Å². The van der Waals surface area contributed by atoms with Gasteiger partial charge in [0.2, 0.25) is 0 Å². The maximum atomic E-state index is 9.44. The van der Waals surface area contributed by atoms with Gasteiger partial charge in [-0.2, -0.15) is 0 Å².